The summed E-state index contributed by atoms with van der Waals surface area (Å²) in [5, 5.41) is 17.2. The average molecular weight is 444 g/mol. The molecule has 0 aliphatic carbocycles. The molecule has 1 heterocycles. The Morgan fingerprint density at radius 3 is 1.53 bits per heavy atom. The second kappa shape index (κ2) is 8.32. The smallest absolute Gasteiger partial charge is 0.123 e. The molecule has 0 aromatic heterocycles. The van der Waals surface area contributed by atoms with Crippen LogP contribution in [0.25, 0.3) is 0 Å². The van der Waals surface area contributed by atoms with E-state index in [1.807, 2.05) is 62.4 Å². The molecule has 1 aliphatic heterocycles. The normalized spacial score (nSPS) is 29.0. The van der Waals surface area contributed by atoms with Crippen LogP contribution in [0.2, 0.25) is 10.0 Å². The lowest BCUT2D eigenvalue weighted by atomic mass is 9.63. The van der Waals surface area contributed by atoms with E-state index in [9.17, 15) is 9.50 Å². The molecule has 2 nitrogen and oxygen atoms in total. The Hall–Kier alpha value is -1.91. The first-order chi connectivity index (χ1) is 14.3. The van der Waals surface area contributed by atoms with Gasteiger partial charge in [-0.1, -0.05) is 73.4 Å². The molecule has 2 N–H and O–H groups in total. The molecule has 3 aromatic rings. The van der Waals surface area contributed by atoms with Crippen molar-refractivity contribution in [3.63, 3.8) is 0 Å². The van der Waals surface area contributed by atoms with Gasteiger partial charge in [-0.2, -0.15) is 0 Å². The van der Waals surface area contributed by atoms with Crippen molar-refractivity contribution in [2.45, 2.75) is 31.5 Å². The van der Waals surface area contributed by atoms with Crippen molar-refractivity contribution < 1.29 is 9.50 Å². The van der Waals surface area contributed by atoms with Crippen LogP contribution in [0.4, 0.5) is 4.39 Å². The van der Waals surface area contributed by atoms with Gasteiger partial charge in [-0.3, -0.25) is 0 Å². The van der Waals surface area contributed by atoms with E-state index >= 15 is 0 Å². The summed E-state index contributed by atoms with van der Waals surface area (Å²) in [6.07, 6.45) is 0. The topological polar surface area (TPSA) is 32.3 Å². The van der Waals surface area contributed by atoms with Gasteiger partial charge in [0.2, 0.25) is 0 Å². The van der Waals surface area contributed by atoms with E-state index in [-0.39, 0.29) is 29.7 Å². The summed E-state index contributed by atoms with van der Waals surface area (Å²) >= 11 is 12.2. The number of piperidine rings is 1. The second-order valence-corrected chi connectivity index (χ2v) is 9.01. The van der Waals surface area contributed by atoms with Gasteiger partial charge in [0, 0.05) is 34.0 Å². The first-order valence-electron chi connectivity index (χ1n) is 10.1. The van der Waals surface area contributed by atoms with Crippen molar-refractivity contribution in [1.82, 2.24) is 5.32 Å². The number of hydrogen-bond acceptors (Lipinski definition) is 2. The zero-order valence-corrected chi connectivity index (χ0v) is 18.3. The van der Waals surface area contributed by atoms with Crippen LogP contribution in [0.1, 0.15) is 42.6 Å². The third kappa shape index (κ3) is 3.76. The molecule has 156 valence electrons. The molecule has 0 radical (unpaired) electrons. The van der Waals surface area contributed by atoms with Gasteiger partial charge in [-0.25, -0.2) is 4.39 Å². The number of hydrogen-bond donors (Lipinski definition) is 2. The first-order valence-corrected chi connectivity index (χ1v) is 10.8. The molecule has 5 heteroatoms. The van der Waals surface area contributed by atoms with Gasteiger partial charge < -0.3 is 10.4 Å². The van der Waals surface area contributed by atoms with Crippen LogP contribution >= 0.6 is 23.2 Å². The van der Waals surface area contributed by atoms with Crippen LogP contribution in [-0.2, 0) is 5.60 Å². The number of benzene rings is 3. The largest absolute Gasteiger partial charge is 0.384 e. The minimum absolute atomic E-state index is 0.130. The van der Waals surface area contributed by atoms with Crippen LogP contribution in [0.3, 0.4) is 0 Å². The van der Waals surface area contributed by atoms with Crippen molar-refractivity contribution in [3.8, 4) is 0 Å². The molecule has 0 amide bonds. The molecular weight excluding hydrogens is 420 g/mol. The lowest BCUT2D eigenvalue weighted by Crippen LogP contribution is -2.55. The first kappa shape index (κ1) is 21.3. The monoisotopic (exact) mass is 443 g/mol. The molecule has 1 fully saturated rings. The van der Waals surface area contributed by atoms with E-state index in [4.69, 9.17) is 23.2 Å². The molecule has 30 heavy (non-hydrogen) atoms. The maximum atomic E-state index is 13.6. The summed E-state index contributed by atoms with van der Waals surface area (Å²) in [6.45, 7) is 4.06. The van der Waals surface area contributed by atoms with Crippen LogP contribution in [0, 0.1) is 17.7 Å². The van der Waals surface area contributed by atoms with Crippen LogP contribution < -0.4 is 5.32 Å². The van der Waals surface area contributed by atoms with Gasteiger partial charge in [0.05, 0.1) is 5.60 Å². The summed E-state index contributed by atoms with van der Waals surface area (Å²) < 4.78 is 13.6. The minimum Gasteiger partial charge on any atom is -0.384 e. The van der Waals surface area contributed by atoms with Gasteiger partial charge in [-0.15, -0.1) is 0 Å². The molecule has 4 atom stereocenters. The van der Waals surface area contributed by atoms with Crippen LogP contribution in [-0.4, -0.2) is 5.11 Å². The highest BCUT2D eigenvalue weighted by atomic mass is 35.5. The highest BCUT2D eigenvalue weighted by molar-refractivity contribution is 6.30. The number of aliphatic hydroxyl groups is 1. The van der Waals surface area contributed by atoms with E-state index in [0.717, 1.165) is 11.1 Å². The summed E-state index contributed by atoms with van der Waals surface area (Å²) in [5.74, 6) is -0.675. The average Bonchev–Trinajstić information content (AvgIpc) is 2.74. The van der Waals surface area contributed by atoms with Gasteiger partial charge in [0.25, 0.3) is 0 Å². The summed E-state index contributed by atoms with van der Waals surface area (Å²) in [6, 6.07) is 21.3. The van der Waals surface area contributed by atoms with Crippen molar-refractivity contribution in [2.24, 2.45) is 11.8 Å². The second-order valence-electron chi connectivity index (χ2n) is 8.13. The summed E-state index contributed by atoms with van der Waals surface area (Å²) in [7, 11) is 0. The zero-order chi connectivity index (χ0) is 21.5. The molecular formula is C25H24Cl2FNO. The Bertz CT molecular complexity index is 947. The molecule has 1 saturated heterocycles. The number of halogens is 3. The Kier molecular flexibility index (Phi) is 5.91. The van der Waals surface area contributed by atoms with Crippen molar-refractivity contribution in [3.05, 3.63) is 105 Å². The van der Waals surface area contributed by atoms with Crippen molar-refractivity contribution in [2.75, 3.05) is 0 Å². The highest BCUT2D eigenvalue weighted by Gasteiger charge is 2.52. The van der Waals surface area contributed by atoms with Crippen LogP contribution in [0.5, 0.6) is 0 Å². The van der Waals surface area contributed by atoms with E-state index in [2.05, 4.69) is 5.32 Å². The Balaban J connectivity index is 1.83. The Morgan fingerprint density at radius 1 is 0.733 bits per heavy atom. The van der Waals surface area contributed by atoms with Gasteiger partial charge in [0.1, 0.15) is 5.82 Å². The molecule has 0 spiro atoms. The van der Waals surface area contributed by atoms with Gasteiger partial charge in [0.15, 0.2) is 0 Å². The molecule has 4 rings (SSSR count). The van der Waals surface area contributed by atoms with Gasteiger partial charge in [-0.05, 0) is 53.1 Å². The van der Waals surface area contributed by atoms with E-state index in [1.54, 1.807) is 12.1 Å². The van der Waals surface area contributed by atoms with Crippen molar-refractivity contribution >= 4 is 23.2 Å². The highest BCUT2D eigenvalue weighted by Crippen LogP contribution is 2.52. The molecule has 3 aromatic carbocycles. The van der Waals surface area contributed by atoms with Crippen LogP contribution in [0.15, 0.2) is 72.8 Å². The third-order valence-electron chi connectivity index (χ3n) is 6.51. The third-order valence-corrected chi connectivity index (χ3v) is 7.02. The maximum Gasteiger partial charge on any atom is 0.123 e. The lowest BCUT2D eigenvalue weighted by molar-refractivity contribution is -0.118. The van der Waals surface area contributed by atoms with Crippen molar-refractivity contribution in [1.29, 1.82) is 0 Å². The van der Waals surface area contributed by atoms with E-state index in [0.29, 0.717) is 15.6 Å². The number of nitrogens with one attached hydrogen (secondary N) is 1. The fourth-order valence-corrected chi connectivity index (χ4v) is 5.01. The Labute approximate surface area is 186 Å². The quantitative estimate of drug-likeness (QED) is 0.473. The minimum atomic E-state index is -1.17. The zero-order valence-electron chi connectivity index (χ0n) is 16.8. The predicted octanol–water partition coefficient (Wildman–Crippen LogP) is 6.68. The lowest BCUT2D eigenvalue weighted by Gasteiger charge is -2.52. The molecule has 1 aliphatic rings. The number of rotatable bonds is 3. The predicted molar refractivity (Wildman–Crippen MR) is 120 cm³/mol. The maximum absolute atomic E-state index is 13.6. The fraction of sp³-hybridized carbons (Fsp3) is 0.280. The standard InChI is InChI=1S/C25H24Cl2FNO/c1-15-23(17-3-9-20(26)10-4-17)29-24(18-5-11-21(27)12-6-18)16(2)25(15,30)19-7-13-22(28)14-8-19/h3-16,23-24,29-30H,1-2H3/t15-,16-,23-,24-/m1/s1. The van der Waals surface area contributed by atoms with E-state index in [1.165, 1.54) is 12.1 Å². The Morgan fingerprint density at radius 2 is 1.13 bits per heavy atom. The SMILES string of the molecule is C[C@@H]1[C@H](c2ccc(Cl)cc2)N[C@@H](c2ccc(Cl)cc2)[C@@H](C)C1(O)c1ccc(F)cc1. The van der Waals surface area contributed by atoms with E-state index < -0.39 is 5.60 Å². The molecule has 0 unspecified atom stereocenters. The van der Waals surface area contributed by atoms with Gasteiger partial charge >= 0.3 is 0 Å². The molecule has 0 saturated carbocycles. The molecule has 0 bridgehead atoms. The fourth-order valence-electron chi connectivity index (χ4n) is 4.76. The summed E-state index contributed by atoms with van der Waals surface area (Å²) in [5.41, 5.74) is 1.62. The summed E-state index contributed by atoms with van der Waals surface area (Å²) in [4.78, 5) is 0.